The van der Waals surface area contributed by atoms with Crippen LogP contribution in [0.3, 0.4) is 0 Å². The van der Waals surface area contributed by atoms with Gasteiger partial charge in [0.05, 0.1) is 12.0 Å². The van der Waals surface area contributed by atoms with Gasteiger partial charge in [-0.2, -0.15) is 0 Å². The molecule has 0 aliphatic heterocycles. The molecule has 6 nitrogen and oxygen atoms in total. The first-order chi connectivity index (χ1) is 15.7. The number of nitrogens with one attached hydrogen (secondary N) is 1. The number of nitrogens with zero attached hydrogens (tertiary/aromatic N) is 1. The lowest BCUT2D eigenvalue weighted by atomic mass is 9.88. The number of aryl methyl sites for hydroxylation is 2. The van der Waals surface area contributed by atoms with Crippen LogP contribution in [-0.4, -0.2) is 22.0 Å². The summed E-state index contributed by atoms with van der Waals surface area (Å²) in [6.45, 7) is 8.62. The molecule has 0 atom stereocenters. The molecule has 172 valence electrons. The predicted octanol–water partition coefficient (Wildman–Crippen LogP) is 4.90. The van der Waals surface area contributed by atoms with Crippen LogP contribution in [0.1, 0.15) is 52.3 Å². The van der Waals surface area contributed by atoms with Gasteiger partial charge in [-0.15, -0.1) is 0 Å². The Morgan fingerprint density at radius 3 is 2.18 bits per heavy atom. The summed E-state index contributed by atoms with van der Waals surface area (Å²) in [6.07, 6.45) is 0.951. The van der Waals surface area contributed by atoms with Gasteiger partial charge >= 0.3 is 5.97 Å². The Bertz CT molecular complexity index is 1150. The van der Waals surface area contributed by atoms with E-state index >= 15 is 0 Å². The summed E-state index contributed by atoms with van der Waals surface area (Å²) in [5.74, 6) is -0.778. The predicted molar refractivity (Wildman–Crippen MR) is 131 cm³/mol. The van der Waals surface area contributed by atoms with E-state index in [1.807, 2.05) is 13.8 Å². The molecule has 1 amide bonds. The van der Waals surface area contributed by atoms with Crippen molar-refractivity contribution in [2.75, 3.05) is 5.32 Å². The van der Waals surface area contributed by atoms with Crippen molar-refractivity contribution in [3.8, 4) is 11.1 Å². The van der Waals surface area contributed by atoms with Gasteiger partial charge in [-0.1, -0.05) is 43.7 Å². The number of rotatable bonds is 8. The van der Waals surface area contributed by atoms with Crippen molar-refractivity contribution in [3.05, 3.63) is 82.2 Å². The number of hydrogen-bond acceptors (Lipinski definition) is 4. The van der Waals surface area contributed by atoms with Gasteiger partial charge in [-0.05, 0) is 72.7 Å². The number of hydrogen-bond donors (Lipinski definition) is 3. The maximum Gasteiger partial charge on any atom is 0.335 e. The van der Waals surface area contributed by atoms with E-state index in [1.165, 1.54) is 12.1 Å². The number of amides is 1. The SMILES string of the molecule is Cc1ccc(-c2c(CC(=O)Nc3ccc(C(=O)O)cc3)c(C)nc(CC(C)C)c2CN)cc1. The van der Waals surface area contributed by atoms with Crippen LogP contribution in [0.5, 0.6) is 0 Å². The number of nitrogens with two attached hydrogens (primary N) is 1. The lowest BCUT2D eigenvalue weighted by Gasteiger charge is -2.21. The van der Waals surface area contributed by atoms with Crippen LogP contribution < -0.4 is 11.1 Å². The Morgan fingerprint density at radius 1 is 1.00 bits per heavy atom. The molecule has 3 aromatic rings. The van der Waals surface area contributed by atoms with Crippen LogP contribution in [0.25, 0.3) is 11.1 Å². The average molecular weight is 446 g/mol. The fourth-order valence-electron chi connectivity index (χ4n) is 3.97. The highest BCUT2D eigenvalue weighted by Gasteiger charge is 2.21. The molecule has 0 aliphatic carbocycles. The molecular formula is C27H31N3O3. The van der Waals surface area contributed by atoms with Crippen molar-refractivity contribution in [1.29, 1.82) is 0 Å². The quantitative estimate of drug-likeness (QED) is 0.457. The molecule has 0 bridgehead atoms. The molecule has 1 heterocycles. The topological polar surface area (TPSA) is 105 Å². The van der Waals surface area contributed by atoms with Crippen LogP contribution in [0.4, 0.5) is 5.69 Å². The molecule has 4 N–H and O–H groups in total. The maximum absolute atomic E-state index is 13.0. The summed E-state index contributed by atoms with van der Waals surface area (Å²) < 4.78 is 0. The Labute approximate surface area is 194 Å². The number of carbonyl (C=O) groups is 2. The lowest BCUT2D eigenvalue weighted by molar-refractivity contribution is -0.115. The first kappa shape index (κ1) is 24.1. The largest absolute Gasteiger partial charge is 0.478 e. The van der Waals surface area contributed by atoms with Crippen LogP contribution in [0, 0.1) is 19.8 Å². The zero-order valence-electron chi connectivity index (χ0n) is 19.6. The molecule has 0 radical (unpaired) electrons. The van der Waals surface area contributed by atoms with E-state index in [-0.39, 0.29) is 17.9 Å². The zero-order valence-corrected chi connectivity index (χ0v) is 19.6. The maximum atomic E-state index is 13.0. The number of carboxylic acids is 1. The summed E-state index contributed by atoms with van der Waals surface area (Å²) in [6, 6.07) is 14.4. The van der Waals surface area contributed by atoms with Crippen molar-refractivity contribution in [3.63, 3.8) is 0 Å². The number of anilines is 1. The molecule has 33 heavy (non-hydrogen) atoms. The van der Waals surface area contributed by atoms with Gasteiger partial charge in [-0.25, -0.2) is 4.79 Å². The van der Waals surface area contributed by atoms with E-state index in [0.717, 1.165) is 45.6 Å². The molecule has 6 heteroatoms. The van der Waals surface area contributed by atoms with E-state index in [2.05, 4.69) is 43.4 Å². The second kappa shape index (κ2) is 10.4. The first-order valence-electron chi connectivity index (χ1n) is 11.1. The van der Waals surface area contributed by atoms with Crippen LogP contribution in [0.15, 0.2) is 48.5 Å². The standard InChI is InChI=1S/C27H31N3O3/c1-16(2)13-24-23(15-28)26(19-7-5-17(3)6-8-19)22(18(4)29-24)14-25(31)30-21-11-9-20(10-12-21)27(32)33/h5-12,16H,13-15,28H2,1-4H3,(H,30,31)(H,32,33). The number of benzene rings is 2. The molecule has 0 aliphatic rings. The second-order valence-electron chi connectivity index (χ2n) is 8.75. The van der Waals surface area contributed by atoms with Crippen LogP contribution >= 0.6 is 0 Å². The van der Waals surface area contributed by atoms with Crippen LogP contribution in [-0.2, 0) is 24.2 Å². The summed E-state index contributed by atoms with van der Waals surface area (Å²) in [4.78, 5) is 28.9. The first-order valence-corrected chi connectivity index (χ1v) is 11.1. The second-order valence-corrected chi connectivity index (χ2v) is 8.75. The van der Waals surface area contributed by atoms with Crippen molar-refractivity contribution < 1.29 is 14.7 Å². The molecule has 0 saturated heterocycles. The highest BCUT2D eigenvalue weighted by atomic mass is 16.4. The minimum absolute atomic E-state index is 0.137. The minimum atomic E-state index is -1.01. The molecule has 0 fully saturated rings. The van der Waals surface area contributed by atoms with Gasteiger partial charge in [0.2, 0.25) is 5.91 Å². The van der Waals surface area contributed by atoms with Crippen molar-refractivity contribution in [2.24, 2.45) is 11.7 Å². The molecule has 0 saturated carbocycles. The zero-order chi connectivity index (χ0) is 24.1. The van der Waals surface area contributed by atoms with Crippen molar-refractivity contribution in [1.82, 2.24) is 4.98 Å². The molecule has 0 unspecified atom stereocenters. The molecule has 2 aromatic carbocycles. The third kappa shape index (κ3) is 5.84. The number of aromatic carboxylic acids is 1. The van der Waals surface area contributed by atoms with E-state index < -0.39 is 5.97 Å². The van der Waals surface area contributed by atoms with Gasteiger partial charge in [0.1, 0.15) is 0 Å². The normalized spacial score (nSPS) is 11.0. The fraction of sp³-hybridized carbons (Fsp3) is 0.296. The van der Waals surface area contributed by atoms with Gasteiger partial charge in [0.15, 0.2) is 0 Å². The Morgan fingerprint density at radius 2 is 1.64 bits per heavy atom. The summed E-state index contributed by atoms with van der Waals surface area (Å²) >= 11 is 0. The third-order valence-electron chi connectivity index (χ3n) is 5.59. The third-order valence-corrected chi connectivity index (χ3v) is 5.59. The molecule has 0 spiro atoms. The van der Waals surface area contributed by atoms with Gasteiger partial charge in [0.25, 0.3) is 0 Å². The highest BCUT2D eigenvalue weighted by molar-refractivity contribution is 5.95. The van der Waals surface area contributed by atoms with E-state index in [4.69, 9.17) is 15.8 Å². The van der Waals surface area contributed by atoms with Gasteiger partial charge in [0, 0.05) is 23.6 Å². The van der Waals surface area contributed by atoms with Gasteiger partial charge in [-0.3, -0.25) is 9.78 Å². The monoisotopic (exact) mass is 445 g/mol. The van der Waals surface area contributed by atoms with Gasteiger partial charge < -0.3 is 16.2 Å². The molecular weight excluding hydrogens is 414 g/mol. The number of carbonyl (C=O) groups excluding carboxylic acids is 1. The van der Waals surface area contributed by atoms with Crippen molar-refractivity contribution in [2.45, 2.75) is 47.1 Å². The summed E-state index contributed by atoms with van der Waals surface area (Å²) in [5, 5.41) is 11.9. The number of carboxylic acid groups (broad SMARTS) is 1. The van der Waals surface area contributed by atoms with E-state index in [0.29, 0.717) is 18.2 Å². The molecule has 3 rings (SSSR count). The summed E-state index contributed by atoms with van der Waals surface area (Å²) in [7, 11) is 0. The molecule has 1 aromatic heterocycles. The van der Waals surface area contributed by atoms with Crippen molar-refractivity contribution >= 4 is 17.6 Å². The highest BCUT2D eigenvalue weighted by Crippen LogP contribution is 2.33. The Kier molecular flexibility index (Phi) is 7.61. The number of pyridine rings is 1. The fourth-order valence-corrected chi connectivity index (χ4v) is 3.97. The summed E-state index contributed by atoms with van der Waals surface area (Å²) in [5.41, 5.74) is 13.7. The van der Waals surface area contributed by atoms with E-state index in [1.54, 1.807) is 12.1 Å². The lowest BCUT2D eigenvalue weighted by Crippen LogP contribution is -2.19. The van der Waals surface area contributed by atoms with E-state index in [9.17, 15) is 9.59 Å². The number of aromatic nitrogens is 1. The Hall–Kier alpha value is -3.51. The Balaban J connectivity index is 2.01. The smallest absolute Gasteiger partial charge is 0.335 e. The van der Waals surface area contributed by atoms with Crippen LogP contribution in [0.2, 0.25) is 0 Å². The average Bonchev–Trinajstić information content (AvgIpc) is 2.76. The minimum Gasteiger partial charge on any atom is -0.478 e.